The number of rotatable bonds is 4. The van der Waals surface area contributed by atoms with Gasteiger partial charge >= 0.3 is 5.97 Å². The number of hydrogen-bond acceptors (Lipinski definition) is 3. The van der Waals surface area contributed by atoms with Crippen LogP contribution in [0.3, 0.4) is 0 Å². The van der Waals surface area contributed by atoms with Gasteiger partial charge in [-0.2, -0.15) is 0 Å². The van der Waals surface area contributed by atoms with E-state index >= 15 is 0 Å². The summed E-state index contributed by atoms with van der Waals surface area (Å²) in [6.07, 6.45) is 1.08. The minimum atomic E-state index is -0.881. The van der Waals surface area contributed by atoms with Gasteiger partial charge in [-0.3, -0.25) is 9.59 Å². The molecule has 0 saturated carbocycles. The molecular weight excluding hydrogens is 234 g/mol. The summed E-state index contributed by atoms with van der Waals surface area (Å²) in [6.45, 7) is -0.0530. The Morgan fingerprint density at radius 2 is 2.00 bits per heavy atom. The Bertz CT molecular complexity index is 455. The van der Waals surface area contributed by atoms with Crippen molar-refractivity contribution in [1.82, 2.24) is 0 Å². The second-order valence-electron chi connectivity index (χ2n) is 4.38. The van der Waals surface area contributed by atoms with Crippen LogP contribution in [0.4, 0.5) is 5.69 Å². The van der Waals surface area contributed by atoms with E-state index in [1.54, 1.807) is 29.2 Å². The number of carbonyl (C=O) groups excluding carboxylic acids is 1. The number of amides is 1. The second kappa shape index (κ2) is 5.18. The maximum Gasteiger partial charge on any atom is 0.307 e. The molecule has 1 amide bonds. The standard InChI is InChI=1S/C13H15NO4/c15-8-11-5-6-12(16)14(11)10-3-1-9(2-4-10)7-13(17)18/h1-4,11,15H,5-8H2,(H,17,18). The van der Waals surface area contributed by atoms with Crippen LogP contribution < -0.4 is 4.90 Å². The first kappa shape index (κ1) is 12.6. The molecule has 1 heterocycles. The van der Waals surface area contributed by atoms with Gasteiger partial charge in [0.05, 0.1) is 19.1 Å². The summed E-state index contributed by atoms with van der Waals surface area (Å²) in [4.78, 5) is 23.9. The molecule has 0 radical (unpaired) electrons. The molecule has 1 saturated heterocycles. The van der Waals surface area contributed by atoms with Crippen LogP contribution in [0.5, 0.6) is 0 Å². The summed E-state index contributed by atoms with van der Waals surface area (Å²) in [7, 11) is 0. The topological polar surface area (TPSA) is 77.8 Å². The van der Waals surface area contributed by atoms with Crippen LogP contribution in [0.2, 0.25) is 0 Å². The van der Waals surface area contributed by atoms with Gasteiger partial charge in [-0.25, -0.2) is 0 Å². The summed E-state index contributed by atoms with van der Waals surface area (Å²) in [5, 5.41) is 17.9. The first-order valence-electron chi connectivity index (χ1n) is 5.85. The van der Waals surface area contributed by atoms with Gasteiger partial charge in [0, 0.05) is 12.1 Å². The summed E-state index contributed by atoms with van der Waals surface area (Å²) in [5.41, 5.74) is 1.41. The predicted octanol–water partition coefficient (Wildman–Crippen LogP) is 0.801. The third kappa shape index (κ3) is 2.51. The van der Waals surface area contributed by atoms with Crippen LogP contribution in [0.1, 0.15) is 18.4 Å². The van der Waals surface area contributed by atoms with Gasteiger partial charge in [-0.15, -0.1) is 0 Å². The number of aliphatic carboxylic acids is 1. The molecule has 5 nitrogen and oxygen atoms in total. The Hall–Kier alpha value is -1.88. The van der Waals surface area contributed by atoms with E-state index in [0.29, 0.717) is 24.1 Å². The molecule has 1 fully saturated rings. The number of aliphatic hydroxyl groups is 1. The highest BCUT2D eigenvalue weighted by atomic mass is 16.4. The Labute approximate surface area is 105 Å². The molecule has 2 rings (SSSR count). The Morgan fingerprint density at radius 3 is 2.56 bits per heavy atom. The van der Waals surface area contributed by atoms with Crippen molar-refractivity contribution in [2.45, 2.75) is 25.3 Å². The molecule has 1 atom stereocenters. The van der Waals surface area contributed by atoms with Crippen molar-refractivity contribution in [3.05, 3.63) is 29.8 Å². The molecule has 1 unspecified atom stereocenters. The molecule has 1 aliphatic rings. The fraction of sp³-hybridized carbons (Fsp3) is 0.385. The molecule has 0 bridgehead atoms. The van der Waals surface area contributed by atoms with Crippen LogP contribution >= 0.6 is 0 Å². The van der Waals surface area contributed by atoms with Crippen LogP contribution in [0.15, 0.2) is 24.3 Å². The third-order valence-corrected chi connectivity index (χ3v) is 3.11. The zero-order valence-electron chi connectivity index (χ0n) is 9.87. The van der Waals surface area contributed by atoms with Crippen LogP contribution in [0, 0.1) is 0 Å². The molecule has 18 heavy (non-hydrogen) atoms. The Balaban J connectivity index is 2.18. The van der Waals surface area contributed by atoms with Crippen molar-refractivity contribution in [3.8, 4) is 0 Å². The quantitative estimate of drug-likeness (QED) is 0.827. The van der Waals surface area contributed by atoms with E-state index in [1.165, 1.54) is 0 Å². The maximum absolute atomic E-state index is 11.7. The molecule has 1 aromatic rings. The number of benzene rings is 1. The Kier molecular flexibility index (Phi) is 3.62. The van der Waals surface area contributed by atoms with Gasteiger partial charge in [0.15, 0.2) is 0 Å². The van der Waals surface area contributed by atoms with E-state index < -0.39 is 5.97 Å². The number of anilines is 1. The molecule has 1 aromatic carbocycles. The number of carbonyl (C=O) groups is 2. The summed E-state index contributed by atoms with van der Waals surface area (Å²) in [6, 6.07) is 6.68. The SMILES string of the molecule is O=C(O)Cc1ccc(N2C(=O)CCC2CO)cc1. The summed E-state index contributed by atoms with van der Waals surface area (Å²) >= 11 is 0. The minimum absolute atomic E-state index is 0.0000320. The molecule has 0 aromatic heterocycles. The van der Waals surface area contributed by atoms with E-state index in [2.05, 4.69) is 0 Å². The van der Waals surface area contributed by atoms with Crippen molar-refractivity contribution < 1.29 is 19.8 Å². The van der Waals surface area contributed by atoms with Gasteiger partial charge < -0.3 is 15.1 Å². The molecule has 5 heteroatoms. The van der Waals surface area contributed by atoms with E-state index in [-0.39, 0.29) is 25.0 Å². The predicted molar refractivity (Wildman–Crippen MR) is 65.4 cm³/mol. The Morgan fingerprint density at radius 1 is 1.33 bits per heavy atom. The molecule has 2 N–H and O–H groups in total. The second-order valence-corrected chi connectivity index (χ2v) is 4.38. The number of carboxylic acids is 1. The van der Waals surface area contributed by atoms with Gasteiger partial charge in [-0.05, 0) is 24.1 Å². The van der Waals surface area contributed by atoms with Crippen molar-refractivity contribution in [2.24, 2.45) is 0 Å². The smallest absolute Gasteiger partial charge is 0.307 e. The maximum atomic E-state index is 11.7. The number of nitrogens with zero attached hydrogens (tertiary/aromatic N) is 1. The van der Waals surface area contributed by atoms with E-state index in [9.17, 15) is 14.7 Å². The fourth-order valence-corrected chi connectivity index (χ4v) is 2.22. The highest BCUT2D eigenvalue weighted by Crippen LogP contribution is 2.26. The van der Waals surface area contributed by atoms with Crippen molar-refractivity contribution in [1.29, 1.82) is 0 Å². The minimum Gasteiger partial charge on any atom is -0.481 e. The van der Waals surface area contributed by atoms with Crippen LogP contribution in [-0.2, 0) is 16.0 Å². The number of hydrogen-bond donors (Lipinski definition) is 2. The van der Waals surface area contributed by atoms with Gasteiger partial charge in [0.25, 0.3) is 0 Å². The van der Waals surface area contributed by atoms with Crippen LogP contribution in [-0.4, -0.2) is 34.7 Å². The van der Waals surface area contributed by atoms with Gasteiger partial charge in [0.1, 0.15) is 0 Å². The van der Waals surface area contributed by atoms with E-state index in [1.807, 2.05) is 0 Å². The first-order chi connectivity index (χ1) is 8.61. The summed E-state index contributed by atoms with van der Waals surface area (Å²) < 4.78 is 0. The normalized spacial score (nSPS) is 19.3. The molecule has 0 aliphatic carbocycles. The molecule has 96 valence electrons. The fourth-order valence-electron chi connectivity index (χ4n) is 2.22. The molecule has 1 aliphatic heterocycles. The van der Waals surface area contributed by atoms with E-state index in [0.717, 1.165) is 0 Å². The first-order valence-corrected chi connectivity index (χ1v) is 5.85. The van der Waals surface area contributed by atoms with Crippen molar-refractivity contribution >= 4 is 17.6 Å². The lowest BCUT2D eigenvalue weighted by Crippen LogP contribution is -2.35. The molecule has 0 spiro atoms. The summed E-state index contributed by atoms with van der Waals surface area (Å²) in [5.74, 6) is -0.881. The number of aliphatic hydroxyl groups excluding tert-OH is 1. The van der Waals surface area contributed by atoms with E-state index in [4.69, 9.17) is 5.11 Å². The zero-order chi connectivity index (χ0) is 13.1. The largest absolute Gasteiger partial charge is 0.481 e. The van der Waals surface area contributed by atoms with Crippen molar-refractivity contribution in [3.63, 3.8) is 0 Å². The zero-order valence-corrected chi connectivity index (χ0v) is 9.87. The highest BCUT2D eigenvalue weighted by molar-refractivity contribution is 5.96. The van der Waals surface area contributed by atoms with Crippen LogP contribution in [0.25, 0.3) is 0 Å². The highest BCUT2D eigenvalue weighted by Gasteiger charge is 2.31. The lowest BCUT2D eigenvalue weighted by molar-refractivity contribution is -0.136. The molecular formula is C13H15NO4. The van der Waals surface area contributed by atoms with Crippen molar-refractivity contribution in [2.75, 3.05) is 11.5 Å². The average Bonchev–Trinajstić information content (AvgIpc) is 2.71. The van der Waals surface area contributed by atoms with Gasteiger partial charge in [0.2, 0.25) is 5.91 Å². The average molecular weight is 249 g/mol. The number of carboxylic acid groups (broad SMARTS) is 1. The third-order valence-electron chi connectivity index (χ3n) is 3.11. The lowest BCUT2D eigenvalue weighted by Gasteiger charge is -2.23. The lowest BCUT2D eigenvalue weighted by atomic mass is 10.1. The monoisotopic (exact) mass is 249 g/mol. The van der Waals surface area contributed by atoms with Gasteiger partial charge in [-0.1, -0.05) is 12.1 Å².